The van der Waals surface area contributed by atoms with Crippen LogP contribution in [-0.2, 0) is 4.79 Å². The number of para-hydroxylation sites is 1. The van der Waals surface area contributed by atoms with E-state index in [2.05, 4.69) is 4.98 Å². The molecule has 0 amide bonds. The highest BCUT2D eigenvalue weighted by Gasteiger charge is 2.28. The molecule has 1 aromatic carbocycles. The Labute approximate surface area is 124 Å². The van der Waals surface area contributed by atoms with Crippen LogP contribution in [0.5, 0.6) is 0 Å². The number of benzene rings is 1. The van der Waals surface area contributed by atoms with E-state index in [-0.39, 0.29) is 5.92 Å². The van der Waals surface area contributed by atoms with Crippen molar-refractivity contribution in [1.29, 1.82) is 0 Å². The number of imidazole rings is 1. The molecule has 1 unspecified atom stereocenters. The fraction of sp³-hybridized carbons (Fsp3) is 0.375. The molecular weight excluding hydrogens is 266 g/mol. The second-order valence-electron chi connectivity index (χ2n) is 5.27. The van der Waals surface area contributed by atoms with Gasteiger partial charge < -0.3 is 15.4 Å². The van der Waals surface area contributed by atoms with Crippen LogP contribution in [-0.4, -0.2) is 27.2 Å². The molecule has 1 heterocycles. The Bertz CT molecular complexity index is 580. The minimum Gasteiger partial charge on any atom is -0.481 e. The summed E-state index contributed by atoms with van der Waals surface area (Å²) in [6.07, 6.45) is 5.07. The van der Waals surface area contributed by atoms with Crippen molar-refractivity contribution in [3.63, 3.8) is 0 Å². The fourth-order valence-corrected chi connectivity index (χ4v) is 2.51. The molecule has 0 spiro atoms. The molecule has 0 aliphatic carbocycles. The summed E-state index contributed by atoms with van der Waals surface area (Å²) in [6.45, 7) is 2.52. The monoisotopic (exact) mass is 287 g/mol. The van der Waals surface area contributed by atoms with E-state index in [1.807, 2.05) is 41.8 Å². The van der Waals surface area contributed by atoms with Gasteiger partial charge in [-0.2, -0.15) is 0 Å². The topological polar surface area (TPSA) is 81.1 Å². The third kappa shape index (κ3) is 3.70. The Morgan fingerprint density at radius 1 is 1.38 bits per heavy atom. The van der Waals surface area contributed by atoms with Gasteiger partial charge in [-0.1, -0.05) is 25.1 Å². The maximum Gasteiger partial charge on any atom is 0.312 e. The second kappa shape index (κ2) is 7.04. The zero-order valence-corrected chi connectivity index (χ0v) is 12.1. The smallest absolute Gasteiger partial charge is 0.312 e. The van der Waals surface area contributed by atoms with Crippen LogP contribution >= 0.6 is 0 Å². The first kappa shape index (κ1) is 15.3. The lowest BCUT2D eigenvalue weighted by molar-refractivity contribution is -0.140. The molecule has 2 atom stereocenters. The predicted molar refractivity (Wildman–Crippen MR) is 81.4 cm³/mol. The number of rotatable bonds is 7. The van der Waals surface area contributed by atoms with Crippen molar-refractivity contribution >= 4 is 5.97 Å². The molecule has 5 heteroatoms. The quantitative estimate of drug-likeness (QED) is 0.819. The summed E-state index contributed by atoms with van der Waals surface area (Å²) in [4.78, 5) is 15.9. The summed E-state index contributed by atoms with van der Waals surface area (Å²) in [5.74, 6) is -1.43. The molecule has 0 aliphatic rings. The molecule has 1 aromatic heterocycles. The van der Waals surface area contributed by atoms with Gasteiger partial charge in [0, 0.05) is 11.9 Å². The van der Waals surface area contributed by atoms with Crippen molar-refractivity contribution in [1.82, 2.24) is 9.55 Å². The molecule has 5 nitrogen and oxygen atoms in total. The first-order valence-electron chi connectivity index (χ1n) is 7.15. The summed E-state index contributed by atoms with van der Waals surface area (Å²) in [5.41, 5.74) is 7.07. The lowest BCUT2D eigenvalue weighted by atomic mass is 9.88. The van der Waals surface area contributed by atoms with E-state index in [1.165, 1.54) is 0 Å². The van der Waals surface area contributed by atoms with Crippen LogP contribution in [0.15, 0.2) is 42.9 Å². The largest absolute Gasteiger partial charge is 0.481 e. The van der Waals surface area contributed by atoms with Crippen molar-refractivity contribution in [2.75, 3.05) is 6.54 Å². The maximum atomic E-state index is 11.6. The third-order valence-electron chi connectivity index (χ3n) is 3.67. The number of carboxylic acid groups (broad SMARTS) is 1. The van der Waals surface area contributed by atoms with E-state index in [1.54, 1.807) is 12.5 Å². The van der Waals surface area contributed by atoms with Crippen LogP contribution in [0.4, 0.5) is 0 Å². The zero-order valence-electron chi connectivity index (χ0n) is 12.1. The normalized spacial score (nSPS) is 13.8. The number of aliphatic carboxylic acids is 1. The standard InChI is InChI=1S/C16H21N3O2/c1-12(6-5-9-17)15(16(20)21)14-10-19(11-18-14)13-7-3-2-4-8-13/h2-4,7-8,10-12,15H,5-6,9,17H2,1H3,(H,20,21)/t12-,15?/m1/s1. The van der Waals surface area contributed by atoms with Gasteiger partial charge in [-0.25, -0.2) is 4.98 Å². The van der Waals surface area contributed by atoms with Gasteiger partial charge in [0.2, 0.25) is 0 Å². The predicted octanol–water partition coefficient (Wildman–Crippen LogP) is 2.42. The van der Waals surface area contributed by atoms with Gasteiger partial charge in [-0.05, 0) is 37.4 Å². The van der Waals surface area contributed by atoms with Crippen LogP contribution in [0.1, 0.15) is 31.4 Å². The molecule has 21 heavy (non-hydrogen) atoms. The number of carboxylic acids is 1. The van der Waals surface area contributed by atoms with E-state index in [0.29, 0.717) is 12.2 Å². The average Bonchev–Trinajstić information content (AvgIpc) is 2.95. The van der Waals surface area contributed by atoms with Crippen LogP contribution in [0, 0.1) is 5.92 Å². The Kier molecular flexibility index (Phi) is 5.11. The highest BCUT2D eigenvalue weighted by molar-refractivity contribution is 5.75. The molecule has 112 valence electrons. The third-order valence-corrected chi connectivity index (χ3v) is 3.67. The number of nitrogens with zero attached hydrogens (tertiary/aromatic N) is 2. The van der Waals surface area contributed by atoms with Crippen LogP contribution in [0.25, 0.3) is 5.69 Å². The molecule has 0 saturated heterocycles. The molecule has 0 radical (unpaired) electrons. The minimum absolute atomic E-state index is 0.00479. The molecule has 0 saturated carbocycles. The molecule has 2 aromatic rings. The van der Waals surface area contributed by atoms with Gasteiger partial charge in [0.1, 0.15) is 5.92 Å². The number of aromatic nitrogens is 2. The van der Waals surface area contributed by atoms with Crippen LogP contribution in [0.2, 0.25) is 0 Å². The van der Waals surface area contributed by atoms with Crippen molar-refractivity contribution in [3.05, 3.63) is 48.5 Å². The number of carbonyl (C=O) groups is 1. The lowest BCUT2D eigenvalue weighted by Crippen LogP contribution is -2.20. The fourth-order valence-electron chi connectivity index (χ4n) is 2.51. The number of hydrogen-bond donors (Lipinski definition) is 2. The molecule has 0 aliphatic heterocycles. The zero-order chi connectivity index (χ0) is 15.2. The first-order valence-corrected chi connectivity index (χ1v) is 7.15. The molecule has 0 fully saturated rings. The summed E-state index contributed by atoms with van der Waals surface area (Å²) in [6, 6.07) is 9.73. The van der Waals surface area contributed by atoms with Gasteiger partial charge in [0.15, 0.2) is 0 Å². The summed E-state index contributed by atoms with van der Waals surface area (Å²) < 4.78 is 1.85. The molecular formula is C16H21N3O2. The summed E-state index contributed by atoms with van der Waals surface area (Å²) in [5, 5.41) is 9.50. The lowest BCUT2D eigenvalue weighted by Gasteiger charge is -2.18. The van der Waals surface area contributed by atoms with E-state index in [4.69, 9.17) is 5.73 Å². The van der Waals surface area contributed by atoms with Crippen LogP contribution < -0.4 is 5.73 Å². The Morgan fingerprint density at radius 3 is 2.71 bits per heavy atom. The van der Waals surface area contributed by atoms with Crippen LogP contribution in [0.3, 0.4) is 0 Å². The summed E-state index contributed by atoms with van der Waals surface area (Å²) in [7, 11) is 0. The van der Waals surface area contributed by atoms with Gasteiger partial charge in [0.25, 0.3) is 0 Å². The van der Waals surface area contributed by atoms with Crippen molar-refractivity contribution in [2.24, 2.45) is 11.7 Å². The first-order chi connectivity index (χ1) is 10.1. The van der Waals surface area contributed by atoms with E-state index < -0.39 is 11.9 Å². The average molecular weight is 287 g/mol. The highest BCUT2D eigenvalue weighted by atomic mass is 16.4. The van der Waals surface area contributed by atoms with E-state index in [0.717, 1.165) is 18.5 Å². The molecule has 3 N–H and O–H groups in total. The van der Waals surface area contributed by atoms with E-state index >= 15 is 0 Å². The van der Waals surface area contributed by atoms with Gasteiger partial charge in [-0.3, -0.25) is 4.79 Å². The van der Waals surface area contributed by atoms with Crippen molar-refractivity contribution in [3.8, 4) is 5.69 Å². The number of nitrogens with two attached hydrogens (primary N) is 1. The highest BCUT2D eigenvalue weighted by Crippen LogP contribution is 2.27. The van der Waals surface area contributed by atoms with Gasteiger partial charge >= 0.3 is 5.97 Å². The Balaban J connectivity index is 2.22. The van der Waals surface area contributed by atoms with Gasteiger partial charge in [-0.15, -0.1) is 0 Å². The molecule has 0 bridgehead atoms. The summed E-state index contributed by atoms with van der Waals surface area (Å²) >= 11 is 0. The Hall–Kier alpha value is -2.14. The van der Waals surface area contributed by atoms with Crippen molar-refractivity contribution in [2.45, 2.75) is 25.7 Å². The van der Waals surface area contributed by atoms with Crippen molar-refractivity contribution < 1.29 is 9.90 Å². The van der Waals surface area contributed by atoms with E-state index in [9.17, 15) is 9.90 Å². The SMILES string of the molecule is C[C@H](CCCN)C(C(=O)O)c1cn(-c2ccccc2)cn1. The number of hydrogen-bond acceptors (Lipinski definition) is 3. The van der Waals surface area contributed by atoms with Gasteiger partial charge in [0.05, 0.1) is 12.0 Å². The minimum atomic E-state index is -0.835. The second-order valence-corrected chi connectivity index (χ2v) is 5.27. The maximum absolute atomic E-state index is 11.6. The molecule has 2 rings (SSSR count). The Morgan fingerprint density at radius 2 is 2.10 bits per heavy atom.